The predicted molar refractivity (Wildman–Crippen MR) is 92.6 cm³/mol. The molecule has 2 atom stereocenters. The first-order chi connectivity index (χ1) is 11.6. The number of hydrogen-bond acceptors (Lipinski definition) is 3. The average molecular weight is 327 g/mol. The second-order valence-electron chi connectivity index (χ2n) is 6.08. The van der Waals surface area contributed by atoms with Gasteiger partial charge in [-0.05, 0) is 37.3 Å². The van der Waals surface area contributed by atoms with Crippen molar-refractivity contribution in [3.05, 3.63) is 54.1 Å². The molecule has 5 heteroatoms. The zero-order chi connectivity index (χ0) is 16.9. The van der Waals surface area contributed by atoms with Crippen molar-refractivity contribution >= 4 is 11.6 Å². The smallest absolute Gasteiger partial charge is 0.282 e. The van der Waals surface area contributed by atoms with Gasteiger partial charge in [0, 0.05) is 11.3 Å². The van der Waals surface area contributed by atoms with Gasteiger partial charge in [-0.15, -0.1) is 0 Å². The van der Waals surface area contributed by atoms with Crippen LogP contribution in [0, 0.1) is 0 Å². The van der Waals surface area contributed by atoms with Crippen molar-refractivity contribution in [3.63, 3.8) is 0 Å². The maximum Gasteiger partial charge on any atom is 0.282 e. The van der Waals surface area contributed by atoms with E-state index < -0.39 is 0 Å². The zero-order valence-corrected chi connectivity index (χ0v) is 14.0. The quantitative estimate of drug-likeness (QED) is 0.875. The molecule has 1 aliphatic heterocycles. The minimum absolute atomic E-state index is 0.0104. The van der Waals surface area contributed by atoms with Gasteiger partial charge in [0.15, 0.2) is 17.5 Å². The minimum atomic E-state index is -0.168. The third-order valence-corrected chi connectivity index (χ3v) is 4.26. The van der Waals surface area contributed by atoms with Crippen LogP contribution >= 0.6 is 0 Å². The molecule has 0 saturated heterocycles. The molecule has 126 valence electrons. The molecule has 0 saturated carbocycles. The highest BCUT2D eigenvalue weighted by molar-refractivity contribution is 5.93. The first-order valence-corrected chi connectivity index (χ1v) is 8.20. The highest BCUT2D eigenvalue weighted by atomic mass is 16.6. The van der Waals surface area contributed by atoms with Crippen LogP contribution < -0.4 is 19.7 Å². The van der Waals surface area contributed by atoms with Crippen LogP contribution in [0.15, 0.2) is 48.5 Å². The Morgan fingerprint density at radius 3 is 2.58 bits per heavy atom. The molecule has 5 nitrogen and oxygen atoms in total. The van der Waals surface area contributed by atoms with Crippen molar-refractivity contribution in [2.24, 2.45) is 0 Å². The van der Waals surface area contributed by atoms with Crippen molar-refractivity contribution in [2.75, 3.05) is 25.6 Å². The van der Waals surface area contributed by atoms with Gasteiger partial charge in [0.2, 0.25) is 0 Å². The topological polar surface area (TPSA) is 52.0 Å². The Balaban J connectivity index is 1.61. The molecule has 0 fully saturated rings. The van der Waals surface area contributed by atoms with Crippen molar-refractivity contribution in [2.45, 2.75) is 19.5 Å². The molecule has 0 aromatic heterocycles. The Kier molecular flexibility index (Phi) is 5.01. The van der Waals surface area contributed by atoms with Gasteiger partial charge in [-0.2, -0.15) is 0 Å². The van der Waals surface area contributed by atoms with Crippen LogP contribution in [-0.2, 0) is 11.3 Å². The third-order valence-electron chi connectivity index (χ3n) is 4.26. The van der Waals surface area contributed by atoms with Gasteiger partial charge in [-0.1, -0.05) is 18.2 Å². The summed E-state index contributed by atoms with van der Waals surface area (Å²) in [7, 11) is 2.02. The van der Waals surface area contributed by atoms with Crippen LogP contribution in [0.4, 0.5) is 5.69 Å². The van der Waals surface area contributed by atoms with E-state index in [2.05, 4.69) is 5.32 Å². The van der Waals surface area contributed by atoms with Crippen LogP contribution in [-0.4, -0.2) is 32.2 Å². The molecular weight excluding hydrogens is 304 g/mol. The summed E-state index contributed by atoms with van der Waals surface area (Å²) in [6.07, 6.45) is 0. The third kappa shape index (κ3) is 3.86. The number of benzene rings is 2. The Labute approximate surface area is 142 Å². The summed E-state index contributed by atoms with van der Waals surface area (Å²) in [5, 5.41) is 2.95. The fourth-order valence-corrected chi connectivity index (χ4v) is 2.67. The first kappa shape index (κ1) is 16.3. The number of para-hydroxylation sites is 1. The molecule has 0 radical (unpaired) electrons. The van der Waals surface area contributed by atoms with E-state index in [9.17, 15) is 4.79 Å². The normalized spacial score (nSPS) is 15.4. The van der Waals surface area contributed by atoms with Crippen molar-refractivity contribution < 1.29 is 19.2 Å². The molecule has 3 rings (SSSR count). The molecular formula is C19H23N2O3+. The average Bonchev–Trinajstić information content (AvgIpc) is 2.61. The summed E-state index contributed by atoms with van der Waals surface area (Å²) < 4.78 is 11.2. The van der Waals surface area contributed by atoms with E-state index in [1.165, 1.54) is 0 Å². The Morgan fingerprint density at radius 1 is 1.12 bits per heavy atom. The molecule has 0 aliphatic carbocycles. The summed E-state index contributed by atoms with van der Waals surface area (Å²) in [5.74, 6) is 1.58. The summed E-state index contributed by atoms with van der Waals surface area (Å²) in [6, 6.07) is 15.3. The number of quaternary nitrogens is 1. The van der Waals surface area contributed by atoms with Crippen molar-refractivity contribution in [3.8, 4) is 11.5 Å². The van der Waals surface area contributed by atoms with Gasteiger partial charge >= 0.3 is 0 Å². The maximum atomic E-state index is 12.4. The van der Waals surface area contributed by atoms with Gasteiger partial charge in [0.05, 0.1) is 7.05 Å². The van der Waals surface area contributed by atoms with E-state index >= 15 is 0 Å². The monoisotopic (exact) mass is 327 g/mol. The highest BCUT2D eigenvalue weighted by Crippen LogP contribution is 2.30. The van der Waals surface area contributed by atoms with E-state index in [4.69, 9.17) is 9.47 Å². The van der Waals surface area contributed by atoms with Crippen LogP contribution in [0.1, 0.15) is 12.5 Å². The van der Waals surface area contributed by atoms with Crippen molar-refractivity contribution in [1.82, 2.24) is 0 Å². The number of likely N-dealkylation sites (N-methyl/N-ethyl adjacent to an activating group) is 1. The number of fused-ring (bicyclic) bond motifs is 1. The van der Waals surface area contributed by atoms with E-state index in [1.807, 2.05) is 62.5 Å². The Morgan fingerprint density at radius 2 is 1.83 bits per heavy atom. The molecule has 1 heterocycles. The summed E-state index contributed by atoms with van der Waals surface area (Å²) in [5.41, 5.74) is 1.94. The van der Waals surface area contributed by atoms with Crippen LogP contribution in [0.3, 0.4) is 0 Å². The lowest BCUT2D eigenvalue weighted by Gasteiger charge is -2.23. The van der Waals surface area contributed by atoms with E-state index in [0.29, 0.717) is 13.2 Å². The first-order valence-electron chi connectivity index (χ1n) is 8.20. The van der Waals surface area contributed by atoms with Gasteiger partial charge in [-0.3, -0.25) is 4.79 Å². The number of ether oxygens (including phenoxy) is 2. The second-order valence-corrected chi connectivity index (χ2v) is 6.08. The fraction of sp³-hybridized carbons (Fsp3) is 0.316. The number of rotatable bonds is 5. The molecule has 1 amide bonds. The SMILES string of the molecule is C[C@@H](C(=O)Nc1ccccc1)[NH+](C)Cc1ccc2c(c1)OCCO2. The lowest BCUT2D eigenvalue weighted by atomic mass is 10.1. The Bertz CT molecular complexity index is 703. The molecule has 2 N–H and O–H groups in total. The number of amides is 1. The standard InChI is InChI=1S/C19H22N2O3/c1-14(19(22)20-16-6-4-3-5-7-16)21(2)13-15-8-9-17-18(12-15)24-11-10-23-17/h3-9,12,14H,10-11,13H2,1-2H3,(H,20,22)/p+1/t14-/m0/s1. The lowest BCUT2D eigenvalue weighted by Crippen LogP contribution is -3.12. The van der Waals surface area contributed by atoms with Gasteiger partial charge < -0.3 is 19.7 Å². The molecule has 1 unspecified atom stereocenters. The van der Waals surface area contributed by atoms with Crippen LogP contribution in [0.25, 0.3) is 0 Å². The number of carbonyl (C=O) groups excluding carboxylic acids is 1. The van der Waals surface area contributed by atoms with Crippen LogP contribution in [0.5, 0.6) is 11.5 Å². The molecule has 0 bridgehead atoms. The van der Waals surface area contributed by atoms with E-state index in [-0.39, 0.29) is 11.9 Å². The van der Waals surface area contributed by atoms with Crippen molar-refractivity contribution in [1.29, 1.82) is 0 Å². The largest absolute Gasteiger partial charge is 0.486 e. The van der Waals surface area contributed by atoms with Crippen LogP contribution in [0.2, 0.25) is 0 Å². The highest BCUT2D eigenvalue weighted by Gasteiger charge is 2.22. The van der Waals surface area contributed by atoms with E-state index in [0.717, 1.165) is 34.2 Å². The number of hydrogen-bond donors (Lipinski definition) is 2. The second kappa shape index (κ2) is 7.36. The lowest BCUT2D eigenvalue weighted by molar-refractivity contribution is -0.907. The molecule has 2 aromatic rings. The van der Waals surface area contributed by atoms with Gasteiger partial charge in [0.1, 0.15) is 19.8 Å². The number of nitrogens with one attached hydrogen (secondary N) is 2. The van der Waals surface area contributed by atoms with Gasteiger partial charge in [-0.25, -0.2) is 0 Å². The molecule has 2 aromatic carbocycles. The van der Waals surface area contributed by atoms with Gasteiger partial charge in [0.25, 0.3) is 5.91 Å². The zero-order valence-electron chi connectivity index (χ0n) is 14.0. The maximum absolute atomic E-state index is 12.4. The molecule has 0 spiro atoms. The number of carbonyl (C=O) groups is 1. The molecule has 1 aliphatic rings. The molecule has 24 heavy (non-hydrogen) atoms. The number of anilines is 1. The Hall–Kier alpha value is -2.53. The fourth-order valence-electron chi connectivity index (χ4n) is 2.67. The van der Waals surface area contributed by atoms with E-state index in [1.54, 1.807) is 0 Å². The minimum Gasteiger partial charge on any atom is -0.486 e. The summed E-state index contributed by atoms with van der Waals surface area (Å²) in [6.45, 7) is 3.84. The summed E-state index contributed by atoms with van der Waals surface area (Å²) >= 11 is 0. The summed E-state index contributed by atoms with van der Waals surface area (Å²) in [4.78, 5) is 13.5. The predicted octanol–water partition coefficient (Wildman–Crippen LogP) is 1.50.